The SMILES string of the molecule is C1=C([As](C2CCCCC2)C2CCCCC2)CCCC1. The Bertz CT molecular complexity index is 277. The van der Waals surface area contributed by atoms with E-state index < -0.39 is 14.7 Å². The summed E-state index contributed by atoms with van der Waals surface area (Å²) in [5.74, 6) is 0. The Kier molecular flexibility index (Phi) is 5.51. The summed E-state index contributed by atoms with van der Waals surface area (Å²) in [6.07, 6.45) is 24.3. The second-order valence-corrected chi connectivity index (χ2v) is 12.9. The molecule has 0 spiro atoms. The van der Waals surface area contributed by atoms with Crippen LogP contribution in [0.3, 0.4) is 0 Å². The summed E-state index contributed by atoms with van der Waals surface area (Å²) < 4.78 is 4.46. The normalized spacial score (nSPS) is 27.5. The molecule has 0 radical (unpaired) electrons. The predicted octanol–water partition coefficient (Wildman–Crippen LogP) is 6.19. The molecular formula is C18H31As. The Balaban J connectivity index is 1.74. The molecule has 2 fully saturated rings. The molecule has 0 saturated heterocycles. The minimum absolute atomic E-state index is 0.698. The molecule has 0 atom stereocenters. The monoisotopic (exact) mass is 322 g/mol. The molecule has 0 nitrogen and oxygen atoms in total. The van der Waals surface area contributed by atoms with E-state index in [0.717, 1.165) is 0 Å². The molecule has 2 saturated carbocycles. The van der Waals surface area contributed by atoms with Crippen molar-refractivity contribution in [2.45, 2.75) is 99.3 Å². The fourth-order valence-corrected chi connectivity index (χ4v) is 13.2. The van der Waals surface area contributed by atoms with Gasteiger partial charge in [-0.25, -0.2) is 0 Å². The second kappa shape index (κ2) is 7.35. The number of allylic oxidation sites excluding steroid dienone is 2. The van der Waals surface area contributed by atoms with Gasteiger partial charge >= 0.3 is 124 Å². The summed E-state index contributed by atoms with van der Waals surface area (Å²) in [6, 6.07) is 0. The quantitative estimate of drug-likeness (QED) is 0.543. The van der Waals surface area contributed by atoms with Crippen LogP contribution in [0, 0.1) is 0 Å². The van der Waals surface area contributed by atoms with E-state index in [-0.39, 0.29) is 0 Å². The first kappa shape index (κ1) is 14.2. The first-order chi connectivity index (χ1) is 9.45. The third-order valence-electron chi connectivity index (χ3n) is 5.53. The molecule has 0 aromatic heterocycles. The molecule has 0 aromatic rings. The predicted molar refractivity (Wildman–Crippen MR) is 86.0 cm³/mol. The van der Waals surface area contributed by atoms with Crippen LogP contribution >= 0.6 is 0 Å². The molecule has 0 aliphatic heterocycles. The van der Waals surface area contributed by atoms with Gasteiger partial charge in [0.25, 0.3) is 0 Å². The summed E-state index contributed by atoms with van der Waals surface area (Å²) in [6.45, 7) is 0. The van der Waals surface area contributed by atoms with Gasteiger partial charge in [-0.2, -0.15) is 0 Å². The Morgan fingerprint density at radius 1 is 0.684 bits per heavy atom. The zero-order valence-electron chi connectivity index (χ0n) is 12.6. The molecule has 3 aliphatic carbocycles. The second-order valence-electron chi connectivity index (χ2n) is 6.93. The van der Waals surface area contributed by atoms with E-state index in [0.29, 0.717) is 0 Å². The van der Waals surface area contributed by atoms with Crippen molar-refractivity contribution in [1.29, 1.82) is 0 Å². The van der Waals surface area contributed by atoms with Crippen LogP contribution < -0.4 is 0 Å². The van der Waals surface area contributed by atoms with Crippen LogP contribution in [0.25, 0.3) is 0 Å². The topological polar surface area (TPSA) is 0 Å². The van der Waals surface area contributed by atoms with Gasteiger partial charge in [0.1, 0.15) is 0 Å². The van der Waals surface area contributed by atoms with E-state index in [1.54, 1.807) is 51.4 Å². The van der Waals surface area contributed by atoms with E-state index in [1.165, 1.54) is 47.9 Å². The van der Waals surface area contributed by atoms with E-state index >= 15 is 0 Å². The van der Waals surface area contributed by atoms with E-state index in [1.807, 2.05) is 0 Å². The van der Waals surface area contributed by atoms with Gasteiger partial charge in [-0.1, -0.05) is 0 Å². The van der Waals surface area contributed by atoms with Gasteiger partial charge in [0.2, 0.25) is 0 Å². The fourth-order valence-electron chi connectivity index (χ4n) is 4.54. The summed E-state index contributed by atoms with van der Waals surface area (Å²) in [5.41, 5.74) is 0. The first-order valence-electron chi connectivity index (χ1n) is 8.92. The Morgan fingerprint density at radius 2 is 1.26 bits per heavy atom. The molecule has 3 aliphatic rings. The molecule has 0 amide bonds. The average molecular weight is 322 g/mol. The maximum absolute atomic E-state index is 2.73. The molecule has 108 valence electrons. The van der Waals surface area contributed by atoms with Crippen molar-refractivity contribution in [3.05, 3.63) is 10.4 Å². The zero-order chi connectivity index (χ0) is 12.9. The third-order valence-corrected chi connectivity index (χ3v) is 13.2. The van der Waals surface area contributed by atoms with Gasteiger partial charge in [-0.3, -0.25) is 0 Å². The molecule has 19 heavy (non-hydrogen) atoms. The van der Waals surface area contributed by atoms with Crippen molar-refractivity contribution in [2.75, 3.05) is 0 Å². The van der Waals surface area contributed by atoms with E-state index in [9.17, 15) is 0 Å². The van der Waals surface area contributed by atoms with Crippen molar-refractivity contribution in [2.24, 2.45) is 0 Å². The zero-order valence-corrected chi connectivity index (χ0v) is 14.5. The van der Waals surface area contributed by atoms with Gasteiger partial charge in [-0.15, -0.1) is 0 Å². The van der Waals surface area contributed by atoms with Crippen LogP contribution in [0.1, 0.15) is 89.9 Å². The Morgan fingerprint density at radius 3 is 1.74 bits per heavy atom. The minimum atomic E-state index is -0.698. The van der Waals surface area contributed by atoms with Crippen LogP contribution in [0.15, 0.2) is 10.4 Å². The summed E-state index contributed by atoms with van der Waals surface area (Å²) in [4.78, 5) is 0. The molecule has 3 rings (SSSR count). The van der Waals surface area contributed by atoms with Crippen molar-refractivity contribution in [3.8, 4) is 0 Å². The molecule has 0 bridgehead atoms. The average Bonchev–Trinajstić information content (AvgIpc) is 2.51. The molecule has 1 heteroatoms. The maximum atomic E-state index is 2.73. The number of rotatable bonds is 3. The summed E-state index contributed by atoms with van der Waals surface area (Å²) in [5, 5.41) is 0. The molecule has 0 N–H and O–H groups in total. The molecule has 0 unspecified atom stereocenters. The summed E-state index contributed by atoms with van der Waals surface area (Å²) >= 11 is -0.698. The van der Waals surface area contributed by atoms with E-state index in [2.05, 4.69) is 10.4 Å². The van der Waals surface area contributed by atoms with Crippen molar-refractivity contribution in [3.63, 3.8) is 0 Å². The van der Waals surface area contributed by atoms with Gasteiger partial charge in [0.05, 0.1) is 0 Å². The van der Waals surface area contributed by atoms with Crippen molar-refractivity contribution in [1.82, 2.24) is 0 Å². The van der Waals surface area contributed by atoms with Crippen LogP contribution in [0.5, 0.6) is 0 Å². The van der Waals surface area contributed by atoms with Crippen molar-refractivity contribution < 1.29 is 0 Å². The first-order valence-corrected chi connectivity index (χ1v) is 12.0. The Hall–Kier alpha value is 0.298. The van der Waals surface area contributed by atoms with Crippen LogP contribution in [0.4, 0.5) is 0 Å². The number of hydrogen-bond donors (Lipinski definition) is 0. The standard InChI is InChI=1S/C18H31As/c1-4-10-16(11-5-1)19(17-12-6-2-7-13-17)18-14-8-3-9-15-18/h10,17-18H,1-9,11-15H2. The van der Waals surface area contributed by atoms with Gasteiger partial charge < -0.3 is 0 Å². The van der Waals surface area contributed by atoms with Gasteiger partial charge in [-0.05, 0) is 0 Å². The molecular weight excluding hydrogens is 291 g/mol. The van der Waals surface area contributed by atoms with Crippen LogP contribution in [-0.2, 0) is 0 Å². The molecule has 0 heterocycles. The summed E-state index contributed by atoms with van der Waals surface area (Å²) in [7, 11) is 0. The van der Waals surface area contributed by atoms with Gasteiger partial charge in [0, 0.05) is 0 Å². The Labute approximate surface area is 124 Å². The van der Waals surface area contributed by atoms with Crippen molar-refractivity contribution >= 4 is 14.7 Å². The van der Waals surface area contributed by atoms with Gasteiger partial charge in [0.15, 0.2) is 0 Å². The third kappa shape index (κ3) is 3.69. The van der Waals surface area contributed by atoms with Crippen LogP contribution in [0.2, 0.25) is 9.41 Å². The van der Waals surface area contributed by atoms with Crippen LogP contribution in [-0.4, -0.2) is 14.7 Å². The fraction of sp³-hybridized carbons (Fsp3) is 0.889. The van der Waals surface area contributed by atoms with E-state index in [4.69, 9.17) is 0 Å². The molecule has 0 aromatic carbocycles. The number of hydrogen-bond acceptors (Lipinski definition) is 0.